The Morgan fingerprint density at radius 3 is 2.50 bits per heavy atom. The molecule has 0 bridgehead atoms. The summed E-state index contributed by atoms with van der Waals surface area (Å²) in [5.41, 5.74) is 1.84. The van der Waals surface area contributed by atoms with Crippen LogP contribution in [0.3, 0.4) is 0 Å². The number of nitrogens with zero attached hydrogens (tertiary/aromatic N) is 1. The van der Waals surface area contributed by atoms with Gasteiger partial charge in [-0.3, -0.25) is 0 Å². The van der Waals surface area contributed by atoms with Gasteiger partial charge in [0.15, 0.2) is 0 Å². The van der Waals surface area contributed by atoms with Gasteiger partial charge in [-0.15, -0.1) is 0 Å². The van der Waals surface area contributed by atoms with Crippen LogP contribution in [0.4, 0.5) is 0 Å². The van der Waals surface area contributed by atoms with E-state index < -0.39 is 0 Å². The van der Waals surface area contributed by atoms with Gasteiger partial charge in [-0.1, -0.05) is 27.7 Å². The van der Waals surface area contributed by atoms with Crippen LogP contribution in [0, 0.1) is 11.3 Å². The maximum absolute atomic E-state index is 3.67. The lowest BCUT2D eigenvalue weighted by Crippen LogP contribution is -2.43. The molecule has 0 aliphatic rings. The molecule has 0 amide bonds. The van der Waals surface area contributed by atoms with Crippen LogP contribution in [-0.4, -0.2) is 31.6 Å². The van der Waals surface area contributed by atoms with Crippen molar-refractivity contribution in [1.29, 1.82) is 0 Å². The summed E-state index contributed by atoms with van der Waals surface area (Å²) >= 11 is 1.79. The van der Waals surface area contributed by atoms with Crippen molar-refractivity contribution in [1.82, 2.24) is 10.2 Å². The summed E-state index contributed by atoms with van der Waals surface area (Å²) in [6.07, 6.45) is 2.48. The van der Waals surface area contributed by atoms with E-state index in [0.717, 1.165) is 25.6 Å². The Hall–Kier alpha value is -0.380. The molecule has 0 fully saturated rings. The van der Waals surface area contributed by atoms with Crippen molar-refractivity contribution in [3.8, 4) is 0 Å². The van der Waals surface area contributed by atoms with Gasteiger partial charge in [0, 0.05) is 19.6 Å². The molecule has 0 saturated heterocycles. The van der Waals surface area contributed by atoms with Crippen molar-refractivity contribution >= 4 is 11.3 Å². The minimum atomic E-state index is 0.402. The van der Waals surface area contributed by atoms with Crippen molar-refractivity contribution in [2.45, 2.75) is 47.1 Å². The first-order valence-electron chi connectivity index (χ1n) is 7.91. The predicted molar refractivity (Wildman–Crippen MR) is 91.4 cm³/mol. The zero-order valence-electron chi connectivity index (χ0n) is 13.9. The Kier molecular flexibility index (Phi) is 7.78. The van der Waals surface area contributed by atoms with Crippen LogP contribution in [0.2, 0.25) is 0 Å². The van der Waals surface area contributed by atoms with Gasteiger partial charge in [-0.25, -0.2) is 0 Å². The summed E-state index contributed by atoms with van der Waals surface area (Å²) in [6, 6.07) is 2.23. The maximum Gasteiger partial charge on any atom is 0.0239 e. The van der Waals surface area contributed by atoms with Crippen LogP contribution >= 0.6 is 11.3 Å². The van der Waals surface area contributed by atoms with Crippen molar-refractivity contribution in [2.75, 3.05) is 26.7 Å². The van der Waals surface area contributed by atoms with E-state index >= 15 is 0 Å². The molecule has 20 heavy (non-hydrogen) atoms. The molecule has 0 aliphatic heterocycles. The van der Waals surface area contributed by atoms with Gasteiger partial charge in [0.05, 0.1) is 0 Å². The smallest absolute Gasteiger partial charge is 0.0239 e. The highest BCUT2D eigenvalue weighted by Gasteiger charge is 2.27. The molecule has 0 aromatic carbocycles. The van der Waals surface area contributed by atoms with E-state index in [2.05, 4.69) is 61.8 Å². The van der Waals surface area contributed by atoms with E-state index in [0.29, 0.717) is 5.41 Å². The summed E-state index contributed by atoms with van der Waals surface area (Å²) in [4.78, 5) is 2.48. The summed E-state index contributed by atoms with van der Waals surface area (Å²) in [5, 5.41) is 8.09. The van der Waals surface area contributed by atoms with E-state index in [1.165, 1.54) is 24.9 Å². The first kappa shape index (κ1) is 17.7. The molecule has 1 N–H and O–H groups in total. The van der Waals surface area contributed by atoms with Crippen molar-refractivity contribution in [3.63, 3.8) is 0 Å². The van der Waals surface area contributed by atoms with Crippen LogP contribution in [-0.2, 0) is 6.54 Å². The van der Waals surface area contributed by atoms with Crippen LogP contribution < -0.4 is 5.32 Å². The summed E-state index contributed by atoms with van der Waals surface area (Å²) in [7, 11) is 2.25. The zero-order chi connectivity index (χ0) is 15.0. The van der Waals surface area contributed by atoms with Crippen LogP contribution in [0.15, 0.2) is 16.8 Å². The van der Waals surface area contributed by atoms with Gasteiger partial charge in [0.2, 0.25) is 0 Å². The largest absolute Gasteiger partial charge is 0.316 e. The molecule has 0 aliphatic carbocycles. The minimum absolute atomic E-state index is 0.402. The molecule has 0 unspecified atom stereocenters. The second-order valence-electron chi connectivity index (χ2n) is 6.54. The number of hydrogen-bond acceptors (Lipinski definition) is 3. The lowest BCUT2D eigenvalue weighted by molar-refractivity contribution is 0.150. The molecule has 0 saturated carbocycles. The lowest BCUT2D eigenvalue weighted by Gasteiger charge is -2.36. The topological polar surface area (TPSA) is 15.3 Å². The average Bonchev–Trinajstić information content (AvgIpc) is 2.89. The van der Waals surface area contributed by atoms with Gasteiger partial charge < -0.3 is 10.2 Å². The second-order valence-corrected chi connectivity index (χ2v) is 7.32. The fraction of sp³-hybridized carbons (Fsp3) is 0.765. The van der Waals surface area contributed by atoms with Crippen molar-refractivity contribution in [2.24, 2.45) is 11.3 Å². The predicted octanol–water partition coefficient (Wildman–Crippen LogP) is 4.23. The normalized spacial score (nSPS) is 12.6. The molecule has 2 nitrogen and oxygen atoms in total. The highest BCUT2D eigenvalue weighted by Crippen LogP contribution is 2.27. The monoisotopic (exact) mass is 296 g/mol. The molecule has 1 aromatic rings. The fourth-order valence-corrected chi connectivity index (χ4v) is 3.39. The molecule has 0 atom stereocenters. The molecule has 0 radical (unpaired) electrons. The Labute approximate surface area is 129 Å². The molecule has 1 aromatic heterocycles. The Bertz CT molecular complexity index is 342. The number of rotatable bonds is 10. The molecule has 0 spiro atoms. The maximum atomic E-state index is 3.67. The fourth-order valence-electron chi connectivity index (χ4n) is 2.73. The van der Waals surface area contributed by atoms with E-state index in [9.17, 15) is 0 Å². The molecular weight excluding hydrogens is 264 g/mol. The summed E-state index contributed by atoms with van der Waals surface area (Å²) in [6.45, 7) is 13.7. The highest BCUT2D eigenvalue weighted by atomic mass is 32.1. The van der Waals surface area contributed by atoms with Crippen molar-refractivity contribution in [3.05, 3.63) is 22.4 Å². The Balaban J connectivity index is 2.51. The Morgan fingerprint density at radius 2 is 2.00 bits per heavy atom. The van der Waals surface area contributed by atoms with E-state index in [1.807, 2.05) is 0 Å². The highest BCUT2D eigenvalue weighted by molar-refractivity contribution is 7.07. The number of hydrogen-bond donors (Lipinski definition) is 1. The minimum Gasteiger partial charge on any atom is -0.316 e. The van der Waals surface area contributed by atoms with Gasteiger partial charge >= 0.3 is 0 Å². The van der Waals surface area contributed by atoms with E-state index in [4.69, 9.17) is 0 Å². The number of nitrogens with one attached hydrogen (secondary N) is 1. The second kappa shape index (κ2) is 8.81. The van der Waals surface area contributed by atoms with Crippen LogP contribution in [0.5, 0.6) is 0 Å². The first-order valence-corrected chi connectivity index (χ1v) is 8.86. The van der Waals surface area contributed by atoms with Crippen molar-refractivity contribution < 1.29 is 0 Å². The third-order valence-corrected chi connectivity index (χ3v) is 4.92. The zero-order valence-corrected chi connectivity index (χ0v) is 14.7. The van der Waals surface area contributed by atoms with Gasteiger partial charge in [0.1, 0.15) is 0 Å². The average molecular weight is 297 g/mol. The Morgan fingerprint density at radius 1 is 1.30 bits per heavy atom. The summed E-state index contributed by atoms with van der Waals surface area (Å²) in [5.74, 6) is 0.727. The van der Waals surface area contributed by atoms with E-state index in [-0.39, 0.29) is 0 Å². The third kappa shape index (κ3) is 5.94. The van der Waals surface area contributed by atoms with Crippen LogP contribution in [0.25, 0.3) is 0 Å². The first-order chi connectivity index (χ1) is 9.51. The molecular formula is C17H32N2S. The standard InChI is InChI=1S/C17H32N2S/c1-6-17(7-2,13-18-10-15(3)4)14-19(5)11-16-8-9-20-12-16/h8-9,12,15,18H,6-7,10-11,13-14H2,1-5H3. The molecule has 1 heterocycles. The molecule has 1 rings (SSSR count). The number of thiophene rings is 1. The lowest BCUT2D eigenvalue weighted by atomic mass is 9.81. The molecule has 116 valence electrons. The van der Waals surface area contributed by atoms with Gasteiger partial charge in [-0.2, -0.15) is 11.3 Å². The van der Waals surface area contributed by atoms with Gasteiger partial charge in [0.25, 0.3) is 0 Å². The SMILES string of the molecule is CCC(CC)(CNCC(C)C)CN(C)Cc1ccsc1. The van der Waals surface area contributed by atoms with E-state index in [1.54, 1.807) is 11.3 Å². The third-order valence-electron chi connectivity index (χ3n) is 4.19. The van der Waals surface area contributed by atoms with Crippen LogP contribution in [0.1, 0.15) is 46.1 Å². The van der Waals surface area contributed by atoms with Gasteiger partial charge in [-0.05, 0) is 60.2 Å². The quantitative estimate of drug-likeness (QED) is 0.695. The molecule has 3 heteroatoms. The summed E-state index contributed by atoms with van der Waals surface area (Å²) < 4.78 is 0.